The van der Waals surface area contributed by atoms with E-state index in [0.29, 0.717) is 28.5 Å². The highest BCUT2D eigenvalue weighted by atomic mass is 16.5. The van der Waals surface area contributed by atoms with Gasteiger partial charge in [-0.2, -0.15) is 5.10 Å². The van der Waals surface area contributed by atoms with Gasteiger partial charge < -0.3 is 19.5 Å². The van der Waals surface area contributed by atoms with Crippen LogP contribution in [0, 0.1) is 0 Å². The molecule has 0 saturated carbocycles. The minimum atomic E-state index is -0.319. The average molecular weight is 353 g/mol. The zero-order valence-corrected chi connectivity index (χ0v) is 14.7. The summed E-state index contributed by atoms with van der Waals surface area (Å²) in [7, 11) is 4.50. The number of hydrogen-bond acceptors (Lipinski definition) is 5. The molecule has 0 radical (unpaired) electrons. The van der Waals surface area contributed by atoms with Crippen molar-refractivity contribution in [2.24, 2.45) is 0 Å². The SMILES string of the molecule is COc1ccc(C(=O)Nc2cccc(-n3cccn3)c2)c(OC)c1OC. The third-order valence-corrected chi connectivity index (χ3v) is 3.82. The molecule has 3 aromatic rings. The number of methoxy groups -OCH3 is 3. The lowest BCUT2D eigenvalue weighted by atomic mass is 10.1. The first-order valence-corrected chi connectivity index (χ1v) is 7.88. The highest BCUT2D eigenvalue weighted by molar-refractivity contribution is 6.07. The first kappa shape index (κ1) is 17.3. The second-order valence-electron chi connectivity index (χ2n) is 5.34. The van der Waals surface area contributed by atoms with Crippen LogP contribution in [0.4, 0.5) is 5.69 Å². The van der Waals surface area contributed by atoms with E-state index in [1.165, 1.54) is 21.3 Å². The summed E-state index contributed by atoms with van der Waals surface area (Å²) in [5.74, 6) is 0.850. The van der Waals surface area contributed by atoms with Gasteiger partial charge in [0, 0.05) is 18.1 Å². The van der Waals surface area contributed by atoms with Crippen LogP contribution < -0.4 is 19.5 Å². The van der Waals surface area contributed by atoms with Gasteiger partial charge in [0.05, 0.1) is 32.6 Å². The van der Waals surface area contributed by atoms with Gasteiger partial charge in [-0.25, -0.2) is 4.68 Å². The number of nitrogens with zero attached hydrogens (tertiary/aromatic N) is 2. The monoisotopic (exact) mass is 353 g/mol. The van der Waals surface area contributed by atoms with E-state index < -0.39 is 0 Å². The molecule has 0 spiro atoms. The molecule has 0 bridgehead atoms. The number of ether oxygens (including phenoxy) is 3. The Bertz CT molecular complexity index is 907. The fourth-order valence-corrected chi connectivity index (χ4v) is 2.63. The van der Waals surface area contributed by atoms with Gasteiger partial charge in [-0.15, -0.1) is 0 Å². The Labute approximate surface area is 151 Å². The highest BCUT2D eigenvalue weighted by Crippen LogP contribution is 2.39. The van der Waals surface area contributed by atoms with Gasteiger partial charge in [0.25, 0.3) is 5.91 Å². The molecule has 0 aliphatic carbocycles. The Kier molecular flexibility index (Phi) is 5.07. The Morgan fingerprint density at radius 2 is 1.81 bits per heavy atom. The number of hydrogen-bond donors (Lipinski definition) is 1. The second-order valence-corrected chi connectivity index (χ2v) is 5.34. The van der Waals surface area contributed by atoms with Gasteiger partial charge in [0.1, 0.15) is 0 Å². The van der Waals surface area contributed by atoms with Gasteiger partial charge in [-0.3, -0.25) is 4.79 Å². The molecule has 1 N–H and O–H groups in total. The largest absolute Gasteiger partial charge is 0.493 e. The molecule has 3 rings (SSSR count). The van der Waals surface area contributed by atoms with E-state index in [9.17, 15) is 4.79 Å². The molecule has 2 aromatic carbocycles. The van der Waals surface area contributed by atoms with E-state index in [1.54, 1.807) is 29.1 Å². The lowest BCUT2D eigenvalue weighted by Crippen LogP contribution is -2.14. The maximum atomic E-state index is 12.7. The number of anilines is 1. The van der Waals surface area contributed by atoms with Crippen LogP contribution in [0.2, 0.25) is 0 Å². The summed E-state index contributed by atoms with van der Waals surface area (Å²) >= 11 is 0. The molecular weight excluding hydrogens is 334 g/mol. The number of amides is 1. The van der Waals surface area contributed by atoms with Crippen molar-refractivity contribution in [3.63, 3.8) is 0 Å². The third-order valence-electron chi connectivity index (χ3n) is 3.82. The molecule has 1 amide bonds. The lowest BCUT2D eigenvalue weighted by molar-refractivity contribution is 0.102. The van der Waals surface area contributed by atoms with Crippen LogP contribution >= 0.6 is 0 Å². The molecule has 0 aliphatic rings. The van der Waals surface area contributed by atoms with Crippen molar-refractivity contribution in [3.05, 3.63) is 60.4 Å². The molecule has 0 unspecified atom stereocenters. The summed E-state index contributed by atoms with van der Waals surface area (Å²) in [4.78, 5) is 12.7. The molecule has 1 heterocycles. The van der Waals surface area contributed by atoms with E-state index in [-0.39, 0.29) is 5.91 Å². The molecule has 26 heavy (non-hydrogen) atoms. The second kappa shape index (κ2) is 7.60. The maximum Gasteiger partial charge on any atom is 0.259 e. The number of carbonyl (C=O) groups is 1. The lowest BCUT2D eigenvalue weighted by Gasteiger charge is -2.15. The molecule has 7 nitrogen and oxygen atoms in total. The fourth-order valence-electron chi connectivity index (χ4n) is 2.63. The van der Waals surface area contributed by atoms with Crippen LogP contribution in [0.3, 0.4) is 0 Å². The standard InChI is InChI=1S/C19H19N3O4/c1-24-16-9-8-15(17(25-2)18(16)26-3)19(23)21-13-6-4-7-14(12-13)22-11-5-10-20-22/h4-12H,1-3H3,(H,21,23). The molecule has 0 saturated heterocycles. The minimum Gasteiger partial charge on any atom is -0.493 e. The van der Waals surface area contributed by atoms with Gasteiger partial charge in [0.2, 0.25) is 5.75 Å². The molecule has 7 heteroatoms. The molecular formula is C19H19N3O4. The zero-order valence-electron chi connectivity index (χ0n) is 14.7. The summed E-state index contributed by atoms with van der Waals surface area (Å²) in [6, 6.07) is 12.5. The van der Waals surface area contributed by atoms with Crippen molar-refractivity contribution in [1.82, 2.24) is 9.78 Å². The summed E-state index contributed by atoms with van der Waals surface area (Å²) in [5.41, 5.74) is 1.82. The third kappa shape index (κ3) is 3.32. The van der Waals surface area contributed by atoms with Crippen LogP contribution in [0.15, 0.2) is 54.9 Å². The van der Waals surface area contributed by atoms with Gasteiger partial charge >= 0.3 is 0 Å². The fraction of sp³-hybridized carbons (Fsp3) is 0.158. The van der Waals surface area contributed by atoms with Crippen LogP contribution in [-0.2, 0) is 0 Å². The molecule has 0 fully saturated rings. The molecule has 0 atom stereocenters. The topological polar surface area (TPSA) is 74.6 Å². The average Bonchev–Trinajstić information content (AvgIpc) is 3.21. The Hall–Kier alpha value is -3.48. The number of rotatable bonds is 6. The Balaban J connectivity index is 1.90. The zero-order chi connectivity index (χ0) is 18.5. The van der Waals surface area contributed by atoms with Crippen LogP contribution in [-0.4, -0.2) is 37.0 Å². The summed E-state index contributed by atoms with van der Waals surface area (Å²) < 4.78 is 17.7. The molecule has 134 valence electrons. The van der Waals surface area contributed by atoms with Crippen LogP contribution in [0.25, 0.3) is 5.69 Å². The summed E-state index contributed by atoms with van der Waals surface area (Å²) in [5, 5.41) is 7.06. The highest BCUT2D eigenvalue weighted by Gasteiger charge is 2.20. The van der Waals surface area contributed by atoms with Crippen LogP contribution in [0.1, 0.15) is 10.4 Å². The van der Waals surface area contributed by atoms with Crippen molar-refractivity contribution < 1.29 is 19.0 Å². The normalized spacial score (nSPS) is 10.3. The Morgan fingerprint density at radius 3 is 2.46 bits per heavy atom. The van der Waals surface area contributed by atoms with E-state index in [1.807, 2.05) is 30.5 Å². The number of aromatic nitrogens is 2. The van der Waals surface area contributed by atoms with Gasteiger partial charge in [-0.05, 0) is 36.4 Å². The van der Waals surface area contributed by atoms with Crippen molar-refractivity contribution >= 4 is 11.6 Å². The van der Waals surface area contributed by atoms with Crippen molar-refractivity contribution in [1.29, 1.82) is 0 Å². The molecule has 1 aromatic heterocycles. The van der Waals surface area contributed by atoms with Gasteiger partial charge in [-0.1, -0.05) is 6.07 Å². The smallest absolute Gasteiger partial charge is 0.259 e. The first-order valence-electron chi connectivity index (χ1n) is 7.88. The predicted octanol–water partition coefficient (Wildman–Crippen LogP) is 3.15. The van der Waals surface area contributed by atoms with Crippen molar-refractivity contribution in [3.8, 4) is 22.9 Å². The van der Waals surface area contributed by atoms with Crippen LogP contribution in [0.5, 0.6) is 17.2 Å². The van der Waals surface area contributed by atoms with E-state index in [2.05, 4.69) is 10.4 Å². The minimum absolute atomic E-state index is 0.313. The van der Waals surface area contributed by atoms with Gasteiger partial charge in [0.15, 0.2) is 11.5 Å². The van der Waals surface area contributed by atoms with Crippen molar-refractivity contribution in [2.45, 2.75) is 0 Å². The van der Waals surface area contributed by atoms with E-state index >= 15 is 0 Å². The summed E-state index contributed by atoms with van der Waals surface area (Å²) in [6.07, 6.45) is 3.53. The Morgan fingerprint density at radius 1 is 1.00 bits per heavy atom. The predicted molar refractivity (Wildman–Crippen MR) is 97.6 cm³/mol. The van der Waals surface area contributed by atoms with Crippen molar-refractivity contribution in [2.75, 3.05) is 26.6 Å². The maximum absolute atomic E-state index is 12.7. The summed E-state index contributed by atoms with van der Waals surface area (Å²) in [6.45, 7) is 0. The number of carbonyl (C=O) groups excluding carboxylic acids is 1. The molecule has 0 aliphatic heterocycles. The van der Waals surface area contributed by atoms with E-state index in [4.69, 9.17) is 14.2 Å². The number of benzene rings is 2. The quantitative estimate of drug-likeness (QED) is 0.737. The number of nitrogens with one attached hydrogen (secondary N) is 1. The van der Waals surface area contributed by atoms with E-state index in [0.717, 1.165) is 5.69 Å². The first-order chi connectivity index (χ1) is 12.7.